The summed E-state index contributed by atoms with van der Waals surface area (Å²) >= 11 is 0. The molecule has 17 heteroatoms. The Morgan fingerprint density at radius 1 is 1.11 bits per heavy atom. The van der Waals surface area contributed by atoms with E-state index in [1.54, 1.807) is 4.90 Å². The lowest BCUT2D eigenvalue weighted by Crippen LogP contribution is -2.60. The van der Waals surface area contributed by atoms with E-state index in [1.165, 1.54) is 11.0 Å². The quantitative estimate of drug-likeness (QED) is 0.315. The lowest BCUT2D eigenvalue weighted by atomic mass is 9.96. The number of aromatic nitrogens is 2. The minimum Gasteiger partial charge on any atom is -0.472 e. The molecule has 5 fully saturated rings. The molecule has 3 N–H and O–H groups in total. The van der Waals surface area contributed by atoms with Crippen LogP contribution in [0.1, 0.15) is 76.7 Å². The first kappa shape index (κ1) is 38.4. The fraction of sp³-hybridized carbons (Fsp3) is 0.641. The number of rotatable bonds is 9. The summed E-state index contributed by atoms with van der Waals surface area (Å²) in [5.74, 6) is -2.29. The predicted octanol–water partition coefficient (Wildman–Crippen LogP) is 2.35. The van der Waals surface area contributed by atoms with Crippen LogP contribution in [-0.2, 0) is 35.6 Å². The van der Waals surface area contributed by atoms with Crippen molar-refractivity contribution in [2.75, 3.05) is 32.9 Å². The smallest absolute Gasteiger partial charge is 0.320 e. The van der Waals surface area contributed by atoms with Gasteiger partial charge in [0.1, 0.15) is 23.7 Å². The van der Waals surface area contributed by atoms with E-state index in [9.17, 15) is 27.6 Å². The summed E-state index contributed by atoms with van der Waals surface area (Å²) in [7, 11) is -3.90. The van der Waals surface area contributed by atoms with Crippen LogP contribution in [0.2, 0.25) is 0 Å². The number of hydrogen-bond acceptors (Lipinski definition) is 11. The second kappa shape index (κ2) is 15.4. The van der Waals surface area contributed by atoms with Crippen LogP contribution in [0.4, 0.5) is 4.79 Å². The average Bonchev–Trinajstić information content (AvgIpc) is 3.95. The van der Waals surface area contributed by atoms with Crippen LogP contribution in [0.15, 0.2) is 30.9 Å². The number of carbonyl (C=O) groups excluding carboxylic acids is 4. The number of hydrogen-bond donors (Lipinski definition) is 3. The average molecular weight is 794 g/mol. The lowest BCUT2D eigenvalue weighted by Gasteiger charge is -2.34. The molecule has 0 radical (unpaired) electrons. The van der Waals surface area contributed by atoms with E-state index in [1.807, 2.05) is 25.1 Å². The van der Waals surface area contributed by atoms with E-state index in [0.717, 1.165) is 44.1 Å². The molecular weight excluding hydrogens is 743 g/mol. The number of benzene rings is 1. The molecule has 1 aromatic carbocycles. The molecule has 1 aromatic heterocycles. The number of fused-ring (bicyclic) bond motifs is 4. The molecule has 56 heavy (non-hydrogen) atoms. The van der Waals surface area contributed by atoms with E-state index in [2.05, 4.69) is 31.9 Å². The van der Waals surface area contributed by atoms with Crippen LogP contribution in [0.3, 0.4) is 0 Å². The Labute approximate surface area is 326 Å². The van der Waals surface area contributed by atoms with Gasteiger partial charge in [-0.25, -0.2) is 13.2 Å². The summed E-state index contributed by atoms with van der Waals surface area (Å²) in [5.41, 5.74) is 0.0189. The number of carbonyl (C=O) groups is 4. The fourth-order valence-corrected chi connectivity index (χ4v) is 10.2. The monoisotopic (exact) mass is 793 g/mol. The third-order valence-electron chi connectivity index (χ3n) is 12.3. The van der Waals surface area contributed by atoms with Gasteiger partial charge in [0.2, 0.25) is 27.7 Å². The van der Waals surface area contributed by atoms with Crippen molar-refractivity contribution in [3.8, 4) is 11.9 Å². The van der Waals surface area contributed by atoms with Gasteiger partial charge in [0.15, 0.2) is 0 Å². The largest absolute Gasteiger partial charge is 0.472 e. The molecule has 2 saturated heterocycles. The van der Waals surface area contributed by atoms with Crippen molar-refractivity contribution < 1.29 is 41.8 Å². The Bertz CT molecular complexity index is 2000. The van der Waals surface area contributed by atoms with Crippen LogP contribution >= 0.6 is 0 Å². The summed E-state index contributed by atoms with van der Waals surface area (Å²) in [5, 5.41) is 5.95. The number of ether oxygens (including phenoxy) is 3. The lowest BCUT2D eigenvalue weighted by molar-refractivity contribution is -0.142. The van der Waals surface area contributed by atoms with Gasteiger partial charge in [0, 0.05) is 18.9 Å². The Kier molecular flexibility index (Phi) is 10.6. The maximum absolute atomic E-state index is 14.9. The number of nitrogens with one attached hydrogen (secondary N) is 3. The molecule has 3 saturated carbocycles. The molecule has 6 aliphatic rings. The number of nitrogens with zero attached hydrogens (tertiary/aromatic N) is 4. The SMILES string of the molecule is C=C[C@@H]1C[C@]1(NC(=O)C1CC2CN1C(=O)C(C1CCCC1)NC(=O)N1CCCC1COCCc1ccc3nc(OCC)nc(c3c1)O2)C(=O)NS(=O)(=O)C1CC1. The molecule has 4 unspecified atom stereocenters. The van der Waals surface area contributed by atoms with Crippen molar-refractivity contribution in [3.63, 3.8) is 0 Å². The van der Waals surface area contributed by atoms with Crippen LogP contribution in [0, 0.1) is 11.8 Å². The van der Waals surface area contributed by atoms with E-state index in [-0.39, 0.29) is 49.3 Å². The van der Waals surface area contributed by atoms with Gasteiger partial charge in [-0.2, -0.15) is 9.97 Å². The highest BCUT2D eigenvalue weighted by molar-refractivity contribution is 7.91. The van der Waals surface area contributed by atoms with E-state index < -0.39 is 62.6 Å². The van der Waals surface area contributed by atoms with E-state index >= 15 is 0 Å². The molecule has 2 aromatic rings. The molecule has 16 nitrogen and oxygen atoms in total. The summed E-state index contributed by atoms with van der Waals surface area (Å²) < 4.78 is 46.2. The molecule has 8 rings (SSSR count). The third-order valence-corrected chi connectivity index (χ3v) is 14.1. The number of amides is 5. The molecule has 3 aliphatic heterocycles. The van der Waals surface area contributed by atoms with Crippen molar-refractivity contribution in [1.82, 2.24) is 35.1 Å². The first-order valence-electron chi connectivity index (χ1n) is 20.1. The summed E-state index contributed by atoms with van der Waals surface area (Å²) in [6.45, 7) is 7.28. The molecule has 4 heterocycles. The number of urea groups is 1. The molecule has 302 valence electrons. The van der Waals surface area contributed by atoms with E-state index in [4.69, 9.17) is 14.2 Å². The highest BCUT2D eigenvalue weighted by Crippen LogP contribution is 2.46. The van der Waals surface area contributed by atoms with Gasteiger partial charge >= 0.3 is 12.0 Å². The minimum absolute atomic E-state index is 0.00844. The highest BCUT2D eigenvalue weighted by atomic mass is 32.2. The van der Waals surface area contributed by atoms with Gasteiger partial charge in [-0.3, -0.25) is 19.1 Å². The second-order valence-corrected chi connectivity index (χ2v) is 18.0. The third kappa shape index (κ3) is 7.63. The van der Waals surface area contributed by atoms with Crippen LogP contribution in [0.5, 0.6) is 11.9 Å². The second-order valence-electron chi connectivity index (χ2n) is 16.0. The van der Waals surface area contributed by atoms with Gasteiger partial charge in [-0.05, 0) is 81.9 Å². The summed E-state index contributed by atoms with van der Waals surface area (Å²) in [6.07, 6.45) is 7.42. The maximum Gasteiger partial charge on any atom is 0.320 e. The van der Waals surface area contributed by atoms with Crippen molar-refractivity contribution >= 4 is 44.7 Å². The van der Waals surface area contributed by atoms with Gasteiger partial charge in [0.05, 0.1) is 48.6 Å². The Morgan fingerprint density at radius 2 is 1.91 bits per heavy atom. The Balaban J connectivity index is 1.15. The van der Waals surface area contributed by atoms with Crippen LogP contribution < -0.4 is 24.8 Å². The van der Waals surface area contributed by atoms with Crippen molar-refractivity contribution in [2.24, 2.45) is 11.8 Å². The van der Waals surface area contributed by atoms with Gasteiger partial charge in [-0.15, -0.1) is 6.58 Å². The fourth-order valence-electron chi connectivity index (χ4n) is 8.87. The standard InChI is InChI=1S/C39H51N7O9S/c1-3-25-20-39(25,36(49)44-56(51,52)28-12-13-28)43-33(47)31-19-27-21-46(31)35(48)32(24-8-5-6-9-24)41-38(50)45-16-7-10-26(45)22-53-17-15-23-11-14-30-29(18-23)34(55-27)42-37(40-30)54-4-2/h3,11,14,18,24-28,31-32H,1,4-10,12-13,15-17,19-22H2,2H3,(H,41,50)(H,43,47)(H,44,49)/t25-,26?,27?,31?,32?,39-/m1/s1. The highest BCUT2D eigenvalue weighted by Gasteiger charge is 2.62. The van der Waals surface area contributed by atoms with Gasteiger partial charge in [0.25, 0.3) is 5.91 Å². The first-order valence-corrected chi connectivity index (χ1v) is 21.6. The predicted molar refractivity (Wildman–Crippen MR) is 203 cm³/mol. The molecule has 0 spiro atoms. The zero-order valence-corrected chi connectivity index (χ0v) is 32.6. The van der Waals surface area contributed by atoms with Crippen molar-refractivity contribution in [3.05, 3.63) is 36.4 Å². The molecule has 3 aliphatic carbocycles. The van der Waals surface area contributed by atoms with Crippen molar-refractivity contribution in [1.29, 1.82) is 0 Å². The Morgan fingerprint density at radius 3 is 2.64 bits per heavy atom. The van der Waals surface area contributed by atoms with E-state index in [0.29, 0.717) is 56.5 Å². The Hall–Kier alpha value is -4.51. The minimum atomic E-state index is -3.90. The summed E-state index contributed by atoms with van der Waals surface area (Å²) in [4.78, 5) is 69.4. The summed E-state index contributed by atoms with van der Waals surface area (Å²) in [6, 6.07) is 3.39. The van der Waals surface area contributed by atoms with Crippen molar-refractivity contribution in [2.45, 2.75) is 113 Å². The maximum atomic E-state index is 14.9. The zero-order chi connectivity index (χ0) is 39.2. The zero-order valence-electron chi connectivity index (χ0n) is 31.7. The molecule has 4 bridgehead atoms. The van der Waals surface area contributed by atoms with Gasteiger partial charge < -0.3 is 34.6 Å². The molecular formula is C39H51N7O9S. The van der Waals surface area contributed by atoms with Crippen LogP contribution in [-0.4, -0.2) is 120 Å². The topological polar surface area (TPSA) is 198 Å². The molecule has 5 amide bonds. The number of sulfonamides is 1. The normalized spacial score (nSPS) is 29.9. The first-order chi connectivity index (χ1) is 27.0. The molecule has 6 atom stereocenters. The van der Waals surface area contributed by atoms with Crippen LogP contribution in [0.25, 0.3) is 10.9 Å². The van der Waals surface area contributed by atoms with Gasteiger partial charge in [-0.1, -0.05) is 25.0 Å².